The molecule has 1 aromatic rings. The van der Waals surface area contributed by atoms with Crippen molar-refractivity contribution in [2.24, 2.45) is 0 Å². The average Bonchev–Trinajstić information content (AvgIpc) is 3.08. The van der Waals surface area contributed by atoms with Gasteiger partial charge in [0.05, 0.1) is 6.04 Å². The van der Waals surface area contributed by atoms with Crippen LogP contribution < -0.4 is 10.1 Å². The highest BCUT2D eigenvalue weighted by Gasteiger charge is 2.24. The van der Waals surface area contributed by atoms with Gasteiger partial charge in [-0.05, 0) is 25.0 Å². The van der Waals surface area contributed by atoms with Crippen LogP contribution in [0.1, 0.15) is 30.9 Å². The summed E-state index contributed by atoms with van der Waals surface area (Å²) in [4.78, 5) is 13.9. The van der Waals surface area contributed by atoms with Crippen LogP contribution in [0.5, 0.6) is 11.5 Å². The number of likely N-dealkylation sites (tertiary alicyclic amines) is 1. The summed E-state index contributed by atoms with van der Waals surface area (Å²) >= 11 is 0. The number of rotatable bonds is 4. The maximum Gasteiger partial charge on any atom is 0.223 e. The van der Waals surface area contributed by atoms with E-state index in [1.165, 1.54) is 0 Å². The monoisotopic (exact) mass is 276 g/mol. The highest BCUT2D eigenvalue weighted by molar-refractivity contribution is 5.76. The third kappa shape index (κ3) is 2.72. The highest BCUT2D eigenvalue weighted by atomic mass is 16.5. The quantitative estimate of drug-likeness (QED) is 0.873. The van der Waals surface area contributed by atoms with Crippen molar-refractivity contribution in [3.63, 3.8) is 0 Å². The molecule has 1 saturated heterocycles. The van der Waals surface area contributed by atoms with E-state index in [4.69, 9.17) is 4.74 Å². The van der Waals surface area contributed by atoms with Crippen molar-refractivity contribution >= 4 is 5.91 Å². The minimum atomic E-state index is 0.108. The smallest absolute Gasteiger partial charge is 0.223 e. The van der Waals surface area contributed by atoms with E-state index in [1.54, 1.807) is 12.1 Å². The van der Waals surface area contributed by atoms with Crippen LogP contribution in [0, 0.1) is 0 Å². The molecule has 108 valence electrons. The van der Waals surface area contributed by atoms with Gasteiger partial charge in [-0.1, -0.05) is 0 Å². The van der Waals surface area contributed by atoms with Gasteiger partial charge in [-0.3, -0.25) is 4.79 Å². The van der Waals surface area contributed by atoms with Crippen molar-refractivity contribution in [1.82, 2.24) is 10.2 Å². The van der Waals surface area contributed by atoms with Crippen LogP contribution in [0.3, 0.4) is 0 Å². The Bertz CT molecular complexity index is 498. The number of amides is 1. The molecule has 1 unspecified atom stereocenters. The fourth-order valence-electron chi connectivity index (χ4n) is 2.85. The average molecular weight is 276 g/mol. The molecule has 5 nitrogen and oxygen atoms in total. The first-order valence-electron chi connectivity index (χ1n) is 7.21. The lowest BCUT2D eigenvalue weighted by molar-refractivity contribution is -0.130. The molecule has 2 aliphatic heterocycles. The summed E-state index contributed by atoms with van der Waals surface area (Å²) in [7, 11) is 0. The van der Waals surface area contributed by atoms with Crippen molar-refractivity contribution < 1.29 is 14.6 Å². The second-order valence-electron chi connectivity index (χ2n) is 5.38. The van der Waals surface area contributed by atoms with E-state index in [9.17, 15) is 9.90 Å². The van der Waals surface area contributed by atoms with Gasteiger partial charge in [-0.2, -0.15) is 0 Å². The van der Waals surface area contributed by atoms with Gasteiger partial charge in [0, 0.05) is 37.7 Å². The molecule has 2 aliphatic rings. The summed E-state index contributed by atoms with van der Waals surface area (Å²) in [6.07, 6.45) is 2.79. The van der Waals surface area contributed by atoms with Crippen molar-refractivity contribution in [1.29, 1.82) is 0 Å². The van der Waals surface area contributed by atoms with Gasteiger partial charge in [-0.15, -0.1) is 0 Å². The number of hydrogen-bond acceptors (Lipinski definition) is 4. The van der Waals surface area contributed by atoms with Crippen LogP contribution in [0.4, 0.5) is 0 Å². The minimum absolute atomic E-state index is 0.108. The molecule has 20 heavy (non-hydrogen) atoms. The molecule has 2 heterocycles. The standard InChI is InChI=1S/C15H20N2O3/c18-11-3-4-12-13(10-20-14(12)9-11)16-6-5-15(19)17-7-1-2-8-17/h3-4,9,13,16,18H,1-2,5-8,10H2. The number of phenols is 1. The number of benzene rings is 1. The Kier molecular flexibility index (Phi) is 3.78. The molecule has 0 bridgehead atoms. The molecule has 5 heteroatoms. The summed E-state index contributed by atoms with van der Waals surface area (Å²) in [5.74, 6) is 1.18. The fourth-order valence-corrected chi connectivity index (χ4v) is 2.85. The van der Waals surface area contributed by atoms with Crippen LogP contribution in [-0.4, -0.2) is 42.2 Å². The van der Waals surface area contributed by atoms with Crippen LogP contribution >= 0.6 is 0 Å². The summed E-state index contributed by atoms with van der Waals surface area (Å²) in [6.45, 7) is 3.03. The molecule has 0 spiro atoms. The molecule has 1 atom stereocenters. The zero-order valence-electron chi connectivity index (χ0n) is 11.5. The second kappa shape index (κ2) is 5.71. The number of hydrogen-bond donors (Lipinski definition) is 2. The van der Waals surface area contributed by atoms with Gasteiger partial charge >= 0.3 is 0 Å². The number of phenolic OH excluding ortho intramolecular Hbond substituents is 1. The minimum Gasteiger partial charge on any atom is -0.508 e. The predicted octanol–water partition coefficient (Wildman–Crippen LogP) is 1.43. The molecular formula is C15H20N2O3. The van der Waals surface area contributed by atoms with Crippen molar-refractivity contribution in [2.75, 3.05) is 26.2 Å². The van der Waals surface area contributed by atoms with Gasteiger partial charge in [0.15, 0.2) is 0 Å². The van der Waals surface area contributed by atoms with E-state index in [0.717, 1.165) is 37.2 Å². The molecule has 0 radical (unpaired) electrons. The number of nitrogens with one attached hydrogen (secondary N) is 1. The Morgan fingerprint density at radius 1 is 1.40 bits per heavy atom. The Hall–Kier alpha value is -1.75. The summed E-state index contributed by atoms with van der Waals surface area (Å²) in [5, 5.41) is 12.8. The molecule has 0 saturated carbocycles. The molecule has 1 amide bonds. The first-order valence-corrected chi connectivity index (χ1v) is 7.21. The Morgan fingerprint density at radius 3 is 3.00 bits per heavy atom. The first-order chi connectivity index (χ1) is 9.74. The Morgan fingerprint density at radius 2 is 2.20 bits per heavy atom. The fraction of sp³-hybridized carbons (Fsp3) is 0.533. The number of carbonyl (C=O) groups excluding carboxylic acids is 1. The van der Waals surface area contributed by atoms with Gasteiger partial charge in [0.2, 0.25) is 5.91 Å². The van der Waals surface area contributed by atoms with Crippen molar-refractivity contribution in [3.8, 4) is 11.5 Å². The van der Waals surface area contributed by atoms with E-state index in [1.807, 2.05) is 11.0 Å². The third-order valence-corrected chi connectivity index (χ3v) is 3.97. The SMILES string of the molecule is O=C(CCNC1COc2cc(O)ccc21)N1CCCC1. The van der Waals surface area contributed by atoms with Gasteiger partial charge in [0.25, 0.3) is 0 Å². The third-order valence-electron chi connectivity index (χ3n) is 3.97. The molecule has 0 aromatic heterocycles. The second-order valence-corrected chi connectivity index (χ2v) is 5.38. The first kappa shape index (κ1) is 13.2. The van der Waals surface area contributed by atoms with Gasteiger partial charge in [-0.25, -0.2) is 0 Å². The van der Waals surface area contributed by atoms with E-state index < -0.39 is 0 Å². The van der Waals surface area contributed by atoms with Crippen LogP contribution in [0.2, 0.25) is 0 Å². The molecule has 1 aromatic carbocycles. The van der Waals surface area contributed by atoms with Crippen LogP contribution in [0.25, 0.3) is 0 Å². The largest absolute Gasteiger partial charge is 0.508 e. The van der Waals surface area contributed by atoms with Gasteiger partial charge in [0.1, 0.15) is 18.1 Å². The highest BCUT2D eigenvalue weighted by Crippen LogP contribution is 2.34. The van der Waals surface area contributed by atoms with E-state index in [0.29, 0.717) is 19.6 Å². The Labute approximate surface area is 118 Å². The molecular weight excluding hydrogens is 256 g/mol. The molecule has 3 rings (SSSR count). The number of ether oxygens (including phenoxy) is 1. The maximum atomic E-state index is 11.9. The normalized spacial score (nSPS) is 20.8. The van der Waals surface area contributed by atoms with Crippen LogP contribution in [0.15, 0.2) is 18.2 Å². The lowest BCUT2D eigenvalue weighted by atomic mass is 10.1. The summed E-state index contributed by atoms with van der Waals surface area (Å²) in [5.41, 5.74) is 1.05. The predicted molar refractivity (Wildman–Crippen MR) is 74.8 cm³/mol. The zero-order chi connectivity index (χ0) is 13.9. The molecule has 2 N–H and O–H groups in total. The van der Waals surface area contributed by atoms with E-state index in [2.05, 4.69) is 5.32 Å². The van der Waals surface area contributed by atoms with Crippen molar-refractivity contribution in [3.05, 3.63) is 23.8 Å². The summed E-state index contributed by atoms with van der Waals surface area (Å²) in [6, 6.07) is 5.28. The van der Waals surface area contributed by atoms with E-state index in [-0.39, 0.29) is 17.7 Å². The number of carbonyl (C=O) groups is 1. The Balaban J connectivity index is 1.49. The van der Waals surface area contributed by atoms with Crippen molar-refractivity contribution in [2.45, 2.75) is 25.3 Å². The molecule has 0 aliphatic carbocycles. The number of fused-ring (bicyclic) bond motifs is 1. The van der Waals surface area contributed by atoms with Gasteiger partial charge < -0.3 is 20.1 Å². The zero-order valence-corrected chi connectivity index (χ0v) is 11.5. The van der Waals surface area contributed by atoms with Crippen LogP contribution in [-0.2, 0) is 4.79 Å². The number of aromatic hydroxyl groups is 1. The lowest BCUT2D eigenvalue weighted by Gasteiger charge is -2.16. The maximum absolute atomic E-state index is 11.9. The lowest BCUT2D eigenvalue weighted by Crippen LogP contribution is -2.32. The molecule has 1 fully saturated rings. The topological polar surface area (TPSA) is 61.8 Å². The summed E-state index contributed by atoms with van der Waals surface area (Å²) < 4.78 is 5.53. The van der Waals surface area contributed by atoms with E-state index >= 15 is 0 Å². The number of nitrogens with zero attached hydrogens (tertiary/aromatic N) is 1.